The summed E-state index contributed by atoms with van der Waals surface area (Å²) in [5.41, 5.74) is 0.0831. The summed E-state index contributed by atoms with van der Waals surface area (Å²) in [6, 6.07) is 0. The molecule has 0 aliphatic rings. The molecule has 0 aromatic heterocycles. The van der Waals surface area contributed by atoms with Crippen LogP contribution in [-0.2, 0) is 4.43 Å². The van der Waals surface area contributed by atoms with Crippen LogP contribution in [0.25, 0.3) is 0 Å². The third-order valence-electron chi connectivity index (χ3n) is 3.34. The highest BCUT2D eigenvalue weighted by atomic mass is 28.5. The number of hydrogen-bond acceptors (Lipinski definition) is 2. The summed E-state index contributed by atoms with van der Waals surface area (Å²) in [6.45, 7) is 21.5. The van der Waals surface area contributed by atoms with Crippen LogP contribution in [0, 0.1) is 0 Å². The van der Waals surface area contributed by atoms with Crippen molar-refractivity contribution in [3.63, 3.8) is 0 Å². The molecule has 0 N–H and O–H groups in total. The maximum atomic E-state index is 6.38. The average Bonchev–Trinajstić information content (AvgIpc) is 2.10. The fourth-order valence-corrected chi connectivity index (χ4v) is 14.5. The van der Waals surface area contributed by atoms with Crippen LogP contribution in [0.2, 0.25) is 39.3 Å². The van der Waals surface area contributed by atoms with Crippen molar-refractivity contribution in [2.24, 2.45) is 0 Å². The Balaban J connectivity index is 4.54. The van der Waals surface area contributed by atoms with E-state index in [0.717, 1.165) is 0 Å². The second-order valence-electron chi connectivity index (χ2n) is 7.91. The maximum absolute atomic E-state index is 6.38. The first kappa shape index (κ1) is 18.6. The third-order valence-corrected chi connectivity index (χ3v) is 18.2. The second kappa shape index (κ2) is 6.83. The molecule has 0 fully saturated rings. The molecule has 0 heterocycles. The molecule has 0 aromatic carbocycles. The van der Waals surface area contributed by atoms with Crippen molar-refractivity contribution < 1.29 is 4.43 Å². The highest BCUT2D eigenvalue weighted by molar-refractivity contribution is 6.95. The molecule has 0 bridgehead atoms. The molecule has 2 nitrogen and oxygen atoms in total. The van der Waals surface area contributed by atoms with Gasteiger partial charge >= 0.3 is 0 Å². The molecular weight excluding hydrogens is 270 g/mol. The molecule has 0 amide bonds. The fraction of sp³-hybridized carbons (Fsp3) is 1.00. The highest BCUT2D eigenvalue weighted by Crippen LogP contribution is 2.22. The van der Waals surface area contributed by atoms with E-state index in [0.29, 0.717) is 0 Å². The lowest BCUT2D eigenvalue weighted by molar-refractivity contribution is 0.0968. The van der Waals surface area contributed by atoms with Gasteiger partial charge in [-0.2, -0.15) is 0 Å². The summed E-state index contributed by atoms with van der Waals surface area (Å²) in [5, 5.41) is 0. The Morgan fingerprint density at radius 2 is 1.44 bits per heavy atom. The van der Waals surface area contributed by atoms with E-state index >= 15 is 0 Å². The quantitative estimate of drug-likeness (QED) is 0.630. The summed E-state index contributed by atoms with van der Waals surface area (Å²) >= 11 is 0. The lowest BCUT2D eigenvalue weighted by Gasteiger charge is -2.44. The van der Waals surface area contributed by atoms with E-state index in [-0.39, 0.29) is 5.60 Å². The number of unbranched alkanes of at least 4 members (excludes halogenated alkanes) is 1. The normalized spacial score (nSPS) is 15.0. The third kappa shape index (κ3) is 7.23. The zero-order valence-corrected chi connectivity index (χ0v) is 17.6. The van der Waals surface area contributed by atoms with E-state index in [1.54, 1.807) is 0 Å². The van der Waals surface area contributed by atoms with Crippen LogP contribution in [0.5, 0.6) is 0 Å². The number of nitrogens with zero attached hydrogens (tertiary/aromatic N) is 1. The molecule has 0 unspecified atom stereocenters. The van der Waals surface area contributed by atoms with E-state index < -0.39 is 26.4 Å². The van der Waals surface area contributed by atoms with E-state index in [2.05, 4.69) is 63.9 Å². The Kier molecular flexibility index (Phi) is 7.05. The molecule has 0 saturated carbocycles. The van der Waals surface area contributed by atoms with Crippen molar-refractivity contribution in [3.05, 3.63) is 0 Å². The predicted molar refractivity (Wildman–Crippen MR) is 91.8 cm³/mol. The molecule has 0 saturated heterocycles. The van der Waals surface area contributed by atoms with Gasteiger partial charge in [0.15, 0.2) is 0 Å². The van der Waals surface area contributed by atoms with Crippen molar-refractivity contribution in [2.45, 2.75) is 84.9 Å². The van der Waals surface area contributed by atoms with Gasteiger partial charge < -0.3 is 8.32 Å². The van der Waals surface area contributed by atoms with Gasteiger partial charge in [0, 0.05) is 0 Å². The molecule has 0 spiro atoms. The predicted octanol–water partition coefficient (Wildman–Crippen LogP) is 3.94. The first-order valence-electron chi connectivity index (χ1n) is 7.32. The van der Waals surface area contributed by atoms with E-state index in [1.165, 1.54) is 19.3 Å². The van der Waals surface area contributed by atoms with Crippen molar-refractivity contribution >= 4 is 26.4 Å². The van der Waals surface area contributed by atoms with Gasteiger partial charge in [-0.1, -0.05) is 59.0 Å². The Morgan fingerprint density at radius 1 is 1.00 bits per heavy atom. The molecule has 110 valence electrons. The SMILES string of the molecule is CCCCC(C)(C)O[SiH2]N([Si](C)(C)C)[Si](C)(C)C. The Labute approximate surface area is 120 Å². The van der Waals surface area contributed by atoms with Gasteiger partial charge in [0.05, 0.1) is 5.60 Å². The molecule has 0 aliphatic carbocycles. The minimum atomic E-state index is -1.22. The van der Waals surface area contributed by atoms with Crippen molar-refractivity contribution in [1.29, 1.82) is 0 Å². The van der Waals surface area contributed by atoms with Gasteiger partial charge in [-0.3, -0.25) is 0 Å². The first-order chi connectivity index (χ1) is 7.90. The lowest BCUT2D eigenvalue weighted by Crippen LogP contribution is -2.62. The molecule has 0 aliphatic heterocycles. The van der Waals surface area contributed by atoms with Crippen molar-refractivity contribution in [1.82, 2.24) is 3.90 Å². The van der Waals surface area contributed by atoms with Crippen LogP contribution < -0.4 is 0 Å². The zero-order valence-electron chi connectivity index (χ0n) is 14.2. The highest BCUT2D eigenvalue weighted by Gasteiger charge is 2.35. The smallest absolute Gasteiger partial charge is 0.226 e. The van der Waals surface area contributed by atoms with Crippen LogP contribution >= 0.6 is 0 Å². The number of hydrogen-bond donors (Lipinski definition) is 0. The van der Waals surface area contributed by atoms with Gasteiger partial charge in [-0.05, 0) is 20.3 Å². The monoisotopic (exact) mass is 305 g/mol. The summed E-state index contributed by atoms with van der Waals surface area (Å²) < 4.78 is 9.22. The average molecular weight is 306 g/mol. The van der Waals surface area contributed by atoms with Crippen LogP contribution in [0.4, 0.5) is 0 Å². The standard InChI is InChI=1S/C13H35NOSi3/c1-10-11-12-13(2,3)15-16-14(17(4,5)6)18(7,8)9/h10-12,16H2,1-9H3. The summed E-state index contributed by atoms with van der Waals surface area (Å²) in [5.74, 6) is 0. The minimum Gasteiger partial charge on any atom is -0.405 e. The van der Waals surface area contributed by atoms with Crippen LogP contribution in [0.1, 0.15) is 40.0 Å². The zero-order chi connectivity index (χ0) is 14.6. The van der Waals surface area contributed by atoms with Gasteiger partial charge in [-0.15, -0.1) is 0 Å². The van der Waals surface area contributed by atoms with Gasteiger partial charge in [0.1, 0.15) is 16.5 Å². The van der Waals surface area contributed by atoms with Crippen LogP contribution in [0.15, 0.2) is 0 Å². The summed E-state index contributed by atoms with van der Waals surface area (Å²) in [4.78, 5) is 0. The van der Waals surface area contributed by atoms with Gasteiger partial charge in [0.25, 0.3) is 0 Å². The molecule has 0 radical (unpaired) electrons. The maximum Gasteiger partial charge on any atom is 0.226 e. The molecule has 0 atom stereocenters. The summed E-state index contributed by atoms with van der Waals surface area (Å²) in [6.07, 6.45) is 3.74. The second-order valence-corrected chi connectivity index (χ2v) is 20.6. The molecule has 0 rings (SSSR count). The molecule has 5 heteroatoms. The van der Waals surface area contributed by atoms with Crippen LogP contribution in [0.3, 0.4) is 0 Å². The minimum absolute atomic E-state index is 0.0831. The first-order valence-corrected chi connectivity index (χ1v) is 15.4. The largest absolute Gasteiger partial charge is 0.405 e. The van der Waals surface area contributed by atoms with E-state index in [4.69, 9.17) is 4.43 Å². The van der Waals surface area contributed by atoms with Crippen LogP contribution in [-0.4, -0.2) is 35.9 Å². The van der Waals surface area contributed by atoms with Gasteiger partial charge in [0.2, 0.25) is 9.92 Å². The summed E-state index contributed by atoms with van der Waals surface area (Å²) in [7, 11) is -3.00. The van der Waals surface area contributed by atoms with Crippen molar-refractivity contribution in [2.75, 3.05) is 0 Å². The Hall–Kier alpha value is 0.571. The molecule has 0 aromatic rings. The Morgan fingerprint density at radius 3 is 1.78 bits per heavy atom. The van der Waals surface area contributed by atoms with Crippen molar-refractivity contribution in [3.8, 4) is 0 Å². The lowest BCUT2D eigenvalue weighted by atomic mass is 10.0. The van der Waals surface area contributed by atoms with E-state index in [9.17, 15) is 0 Å². The van der Waals surface area contributed by atoms with Gasteiger partial charge in [-0.25, -0.2) is 0 Å². The topological polar surface area (TPSA) is 12.5 Å². The Bertz CT molecular complexity index is 230. The molecule has 18 heavy (non-hydrogen) atoms. The molecular formula is C13H35NOSi3. The fourth-order valence-electron chi connectivity index (χ4n) is 2.31. The van der Waals surface area contributed by atoms with E-state index in [1.807, 2.05) is 0 Å². The number of rotatable bonds is 8.